The Balaban J connectivity index is 6.58. The molecular formula is C20H28O12. The van der Waals surface area contributed by atoms with Crippen LogP contribution in [0.3, 0.4) is 0 Å². The number of rotatable bonds is 12. The Labute approximate surface area is 185 Å². The van der Waals surface area contributed by atoms with E-state index in [-0.39, 0.29) is 0 Å². The van der Waals surface area contributed by atoms with E-state index < -0.39 is 72.9 Å². The van der Waals surface area contributed by atoms with Crippen LogP contribution in [0.25, 0.3) is 0 Å². The predicted molar refractivity (Wildman–Crippen MR) is 105 cm³/mol. The van der Waals surface area contributed by atoms with E-state index in [1.807, 2.05) is 0 Å². The van der Waals surface area contributed by atoms with Crippen LogP contribution in [-0.4, -0.2) is 72.9 Å². The second-order valence-corrected chi connectivity index (χ2v) is 6.48. The van der Waals surface area contributed by atoms with Crippen molar-refractivity contribution in [3.05, 3.63) is 12.7 Å². The van der Waals surface area contributed by atoms with Crippen LogP contribution in [0.5, 0.6) is 0 Å². The molecule has 180 valence electrons. The molecule has 12 heteroatoms. The SMILES string of the molecule is C=C[C@@H](OC(C)=O)[C@@H](OC(C)=O)[C@H](OC(C)=O)[C@H](OC(C)=O)[C@@H](COC(C)=O)OC(C)=O. The van der Waals surface area contributed by atoms with E-state index in [9.17, 15) is 28.8 Å². The number of carbonyl (C=O) groups is 6. The molecule has 0 heterocycles. The standard InChI is InChI=1S/C20H28O12/c1-8-16(28-11(3)22)18(30-13(5)24)20(32-15(7)26)19(31-14(6)25)17(29-12(4)23)9-27-10(2)21/h8,16-20H,1,9H2,2-7H3/t16-,17-,18-,19-,20+/m1/s1. The number of hydrogen-bond acceptors (Lipinski definition) is 12. The van der Waals surface area contributed by atoms with Crippen molar-refractivity contribution in [1.29, 1.82) is 0 Å². The summed E-state index contributed by atoms with van der Waals surface area (Å²) >= 11 is 0. The maximum absolute atomic E-state index is 11.8. The first-order chi connectivity index (χ1) is 14.8. The Morgan fingerprint density at radius 1 is 0.594 bits per heavy atom. The Morgan fingerprint density at radius 2 is 1.00 bits per heavy atom. The third kappa shape index (κ3) is 11.1. The topological polar surface area (TPSA) is 158 Å². The molecular weight excluding hydrogens is 432 g/mol. The van der Waals surface area contributed by atoms with E-state index in [0.29, 0.717) is 0 Å². The summed E-state index contributed by atoms with van der Waals surface area (Å²) in [6, 6.07) is 0. The van der Waals surface area contributed by atoms with Crippen LogP contribution < -0.4 is 0 Å². The molecule has 0 amide bonds. The van der Waals surface area contributed by atoms with Gasteiger partial charge in [-0.05, 0) is 6.08 Å². The number of carbonyl (C=O) groups excluding carboxylic acids is 6. The van der Waals surface area contributed by atoms with Crippen LogP contribution in [0.1, 0.15) is 41.5 Å². The lowest BCUT2D eigenvalue weighted by Crippen LogP contribution is -2.56. The highest BCUT2D eigenvalue weighted by Crippen LogP contribution is 2.24. The first-order valence-electron chi connectivity index (χ1n) is 9.40. The average Bonchev–Trinajstić information content (AvgIpc) is 2.63. The Kier molecular flexibility index (Phi) is 12.3. The molecule has 0 unspecified atom stereocenters. The van der Waals surface area contributed by atoms with Gasteiger partial charge in [0, 0.05) is 41.5 Å². The summed E-state index contributed by atoms with van der Waals surface area (Å²) in [6.45, 7) is 9.20. The molecule has 0 N–H and O–H groups in total. The normalized spacial score (nSPS) is 14.9. The van der Waals surface area contributed by atoms with Crippen molar-refractivity contribution in [3.8, 4) is 0 Å². The molecule has 0 radical (unpaired) electrons. The van der Waals surface area contributed by atoms with Crippen LogP contribution in [0.2, 0.25) is 0 Å². The lowest BCUT2D eigenvalue weighted by molar-refractivity contribution is -0.210. The van der Waals surface area contributed by atoms with Gasteiger partial charge in [-0.25, -0.2) is 0 Å². The highest BCUT2D eigenvalue weighted by molar-refractivity contribution is 5.70. The van der Waals surface area contributed by atoms with Gasteiger partial charge in [0.2, 0.25) is 0 Å². The van der Waals surface area contributed by atoms with Gasteiger partial charge in [0.25, 0.3) is 0 Å². The molecule has 0 aromatic rings. The molecule has 0 aliphatic rings. The summed E-state index contributed by atoms with van der Waals surface area (Å²) in [5.41, 5.74) is 0. The van der Waals surface area contributed by atoms with Crippen molar-refractivity contribution in [2.75, 3.05) is 6.61 Å². The monoisotopic (exact) mass is 460 g/mol. The summed E-state index contributed by atoms with van der Waals surface area (Å²) in [5, 5.41) is 0. The van der Waals surface area contributed by atoms with Crippen molar-refractivity contribution < 1.29 is 57.2 Å². The lowest BCUT2D eigenvalue weighted by Gasteiger charge is -2.37. The highest BCUT2D eigenvalue weighted by Gasteiger charge is 2.47. The molecule has 5 atom stereocenters. The molecule has 0 saturated heterocycles. The minimum Gasteiger partial charge on any atom is -0.462 e. The zero-order chi connectivity index (χ0) is 25.0. The van der Waals surface area contributed by atoms with Crippen LogP contribution in [0.15, 0.2) is 12.7 Å². The van der Waals surface area contributed by atoms with Gasteiger partial charge in [0.1, 0.15) is 6.61 Å². The van der Waals surface area contributed by atoms with Gasteiger partial charge >= 0.3 is 35.8 Å². The lowest BCUT2D eigenvalue weighted by atomic mass is 9.97. The molecule has 0 saturated carbocycles. The zero-order valence-electron chi connectivity index (χ0n) is 18.8. The first kappa shape index (κ1) is 28.6. The van der Waals surface area contributed by atoms with Crippen molar-refractivity contribution >= 4 is 35.8 Å². The van der Waals surface area contributed by atoms with Crippen LogP contribution in [0, 0.1) is 0 Å². The fourth-order valence-corrected chi connectivity index (χ4v) is 2.62. The summed E-state index contributed by atoms with van der Waals surface area (Å²) < 4.78 is 30.7. The molecule has 0 aliphatic carbocycles. The predicted octanol–water partition coefficient (Wildman–Crippen LogP) is 0.394. The number of ether oxygens (including phenoxy) is 6. The van der Waals surface area contributed by atoms with E-state index in [1.54, 1.807) is 0 Å². The van der Waals surface area contributed by atoms with Gasteiger partial charge in [-0.2, -0.15) is 0 Å². The van der Waals surface area contributed by atoms with Gasteiger partial charge in [0.05, 0.1) is 0 Å². The second-order valence-electron chi connectivity index (χ2n) is 6.48. The van der Waals surface area contributed by atoms with Gasteiger partial charge in [0.15, 0.2) is 30.5 Å². The smallest absolute Gasteiger partial charge is 0.303 e. The number of hydrogen-bond donors (Lipinski definition) is 0. The van der Waals surface area contributed by atoms with Crippen LogP contribution in [0.4, 0.5) is 0 Å². The van der Waals surface area contributed by atoms with E-state index in [1.165, 1.54) is 0 Å². The first-order valence-corrected chi connectivity index (χ1v) is 9.40. The van der Waals surface area contributed by atoms with Gasteiger partial charge in [-0.3, -0.25) is 28.8 Å². The number of esters is 6. The molecule has 0 aliphatic heterocycles. The fourth-order valence-electron chi connectivity index (χ4n) is 2.62. The summed E-state index contributed by atoms with van der Waals surface area (Å²) in [5.74, 6) is -5.02. The summed E-state index contributed by atoms with van der Waals surface area (Å²) in [7, 11) is 0. The van der Waals surface area contributed by atoms with Crippen LogP contribution in [-0.2, 0) is 57.2 Å². The Hall–Kier alpha value is -3.44. The van der Waals surface area contributed by atoms with E-state index >= 15 is 0 Å². The molecule has 12 nitrogen and oxygen atoms in total. The van der Waals surface area contributed by atoms with Crippen molar-refractivity contribution in [3.63, 3.8) is 0 Å². The van der Waals surface area contributed by atoms with Crippen LogP contribution >= 0.6 is 0 Å². The third-order valence-corrected chi connectivity index (χ3v) is 3.55. The maximum Gasteiger partial charge on any atom is 0.303 e. The fraction of sp³-hybridized carbons (Fsp3) is 0.600. The Bertz CT molecular complexity index is 728. The largest absolute Gasteiger partial charge is 0.462 e. The van der Waals surface area contributed by atoms with Gasteiger partial charge in [-0.15, -0.1) is 0 Å². The molecule has 32 heavy (non-hydrogen) atoms. The second kappa shape index (κ2) is 13.8. The van der Waals surface area contributed by atoms with Gasteiger partial charge in [-0.1, -0.05) is 6.58 Å². The quantitative estimate of drug-likeness (QED) is 0.224. The van der Waals surface area contributed by atoms with E-state index in [2.05, 4.69) is 6.58 Å². The van der Waals surface area contributed by atoms with Gasteiger partial charge < -0.3 is 28.4 Å². The third-order valence-electron chi connectivity index (χ3n) is 3.55. The molecule has 0 aromatic heterocycles. The average molecular weight is 460 g/mol. The van der Waals surface area contributed by atoms with E-state index in [0.717, 1.165) is 47.6 Å². The Morgan fingerprint density at radius 3 is 1.38 bits per heavy atom. The maximum atomic E-state index is 11.8. The summed E-state index contributed by atoms with van der Waals surface area (Å²) in [6.07, 6.45) is -6.61. The molecule has 0 aromatic carbocycles. The summed E-state index contributed by atoms with van der Waals surface area (Å²) in [4.78, 5) is 69.9. The van der Waals surface area contributed by atoms with Crippen molar-refractivity contribution in [2.24, 2.45) is 0 Å². The van der Waals surface area contributed by atoms with E-state index in [4.69, 9.17) is 28.4 Å². The zero-order valence-corrected chi connectivity index (χ0v) is 18.8. The van der Waals surface area contributed by atoms with Crippen molar-refractivity contribution in [1.82, 2.24) is 0 Å². The van der Waals surface area contributed by atoms with Crippen molar-refractivity contribution in [2.45, 2.75) is 72.1 Å². The molecule has 0 fully saturated rings. The molecule has 0 spiro atoms. The highest BCUT2D eigenvalue weighted by atomic mass is 16.6. The minimum atomic E-state index is -1.66. The minimum absolute atomic E-state index is 0.594. The molecule has 0 rings (SSSR count). The molecule has 0 bridgehead atoms.